The number of ether oxygens (including phenoxy) is 1. The molecule has 0 saturated heterocycles. The minimum absolute atomic E-state index is 0.212. The van der Waals surface area contributed by atoms with E-state index in [1.54, 1.807) is 41.0 Å². The molecule has 4 aromatic rings. The summed E-state index contributed by atoms with van der Waals surface area (Å²) in [5, 5.41) is 0.437. The van der Waals surface area contributed by atoms with Crippen LogP contribution in [0.4, 0.5) is 0 Å². The third-order valence-electron chi connectivity index (χ3n) is 5.36. The van der Waals surface area contributed by atoms with Gasteiger partial charge in [-0.1, -0.05) is 43.0 Å². The van der Waals surface area contributed by atoms with Crippen molar-refractivity contribution >= 4 is 16.9 Å². The largest absolute Gasteiger partial charge is 0.465 e. The van der Waals surface area contributed by atoms with E-state index in [-0.39, 0.29) is 11.6 Å². The van der Waals surface area contributed by atoms with Gasteiger partial charge in [-0.3, -0.25) is 9.36 Å². The average Bonchev–Trinajstić information content (AvgIpc) is 2.87. The third kappa shape index (κ3) is 4.40. The Labute approximate surface area is 191 Å². The molecular weight excluding hydrogens is 414 g/mol. The monoisotopic (exact) mass is 437 g/mol. The summed E-state index contributed by atoms with van der Waals surface area (Å²) in [5.74, 6) is 6.28. The maximum absolute atomic E-state index is 13.7. The van der Waals surface area contributed by atoms with Crippen LogP contribution in [0.15, 0.2) is 77.6 Å². The Bertz CT molecular complexity index is 1430. The van der Waals surface area contributed by atoms with E-state index < -0.39 is 5.97 Å². The summed E-state index contributed by atoms with van der Waals surface area (Å²) >= 11 is 0. The molecule has 0 saturated carbocycles. The van der Waals surface area contributed by atoms with E-state index in [1.807, 2.05) is 43.3 Å². The molecule has 0 unspecified atom stereocenters. The minimum Gasteiger partial charge on any atom is -0.465 e. The summed E-state index contributed by atoms with van der Waals surface area (Å²) < 4.78 is 6.30. The number of nitrogens with two attached hydrogens (primary N) is 1. The molecule has 0 spiro atoms. The molecule has 0 bridgehead atoms. The normalized spacial score (nSPS) is 11.5. The predicted molar refractivity (Wildman–Crippen MR) is 128 cm³/mol. The van der Waals surface area contributed by atoms with Crippen molar-refractivity contribution < 1.29 is 9.53 Å². The Kier molecular flexibility index (Phi) is 6.34. The molecule has 0 aliphatic rings. The summed E-state index contributed by atoms with van der Waals surface area (Å²) in [5.41, 5.74) is 9.10. The molecule has 1 heterocycles. The molecule has 164 valence electrons. The topological polar surface area (TPSA) is 87.2 Å². The molecule has 3 aromatic carbocycles. The van der Waals surface area contributed by atoms with Crippen molar-refractivity contribution in [3.05, 3.63) is 106 Å². The highest BCUT2D eigenvalue weighted by atomic mass is 16.5. The molecule has 1 aromatic heterocycles. The maximum atomic E-state index is 13.7. The summed E-state index contributed by atoms with van der Waals surface area (Å²) in [4.78, 5) is 30.1. The second-order valence-electron chi connectivity index (χ2n) is 7.48. The second-order valence-corrected chi connectivity index (χ2v) is 7.48. The van der Waals surface area contributed by atoms with Gasteiger partial charge in [-0.2, -0.15) is 0 Å². The van der Waals surface area contributed by atoms with Crippen LogP contribution in [0.2, 0.25) is 0 Å². The van der Waals surface area contributed by atoms with Crippen LogP contribution in [0.3, 0.4) is 0 Å². The van der Waals surface area contributed by atoms with Gasteiger partial charge in [0.1, 0.15) is 5.82 Å². The van der Waals surface area contributed by atoms with E-state index >= 15 is 0 Å². The molecule has 6 nitrogen and oxygen atoms in total. The fourth-order valence-corrected chi connectivity index (χ4v) is 3.56. The molecule has 0 aliphatic carbocycles. The fraction of sp³-hybridized carbons (Fsp3) is 0.148. The number of nitrogens with zero attached hydrogens (tertiary/aromatic N) is 2. The first-order valence-electron chi connectivity index (χ1n) is 10.6. The number of carbonyl (C=O) groups is 1. The predicted octanol–water partition coefficient (Wildman–Crippen LogP) is 3.98. The van der Waals surface area contributed by atoms with Gasteiger partial charge in [0.2, 0.25) is 0 Å². The number of aromatic nitrogens is 2. The molecule has 6 heteroatoms. The number of carbonyl (C=O) groups excluding carboxylic acids is 1. The number of hydrogen-bond acceptors (Lipinski definition) is 5. The third-order valence-corrected chi connectivity index (χ3v) is 5.36. The first-order valence-corrected chi connectivity index (χ1v) is 10.6. The first kappa shape index (κ1) is 22.0. The van der Waals surface area contributed by atoms with E-state index in [4.69, 9.17) is 15.5 Å². The second kappa shape index (κ2) is 9.51. The Hall–Kier alpha value is -4.21. The highest BCUT2D eigenvalue weighted by Gasteiger charge is 2.18. The van der Waals surface area contributed by atoms with Crippen LogP contribution >= 0.6 is 0 Å². The Morgan fingerprint density at radius 1 is 1.03 bits per heavy atom. The lowest BCUT2D eigenvalue weighted by Crippen LogP contribution is -2.28. The van der Waals surface area contributed by atoms with E-state index in [0.717, 1.165) is 0 Å². The molecule has 4 rings (SSSR count). The van der Waals surface area contributed by atoms with Crippen molar-refractivity contribution in [3.63, 3.8) is 0 Å². The molecule has 0 aliphatic heterocycles. The van der Waals surface area contributed by atoms with Gasteiger partial charge in [-0.15, -0.1) is 0 Å². The van der Waals surface area contributed by atoms with Crippen molar-refractivity contribution in [2.45, 2.75) is 19.4 Å². The van der Waals surface area contributed by atoms with E-state index in [1.165, 1.54) is 7.11 Å². The van der Waals surface area contributed by atoms with Gasteiger partial charge in [-0.25, -0.2) is 9.78 Å². The number of esters is 1. The van der Waals surface area contributed by atoms with Crippen LogP contribution in [0, 0.1) is 11.8 Å². The quantitative estimate of drug-likeness (QED) is 0.385. The lowest BCUT2D eigenvalue weighted by atomic mass is 10.1. The zero-order valence-electron chi connectivity index (χ0n) is 18.4. The van der Waals surface area contributed by atoms with Crippen LogP contribution in [0.5, 0.6) is 0 Å². The van der Waals surface area contributed by atoms with Crippen molar-refractivity contribution in [3.8, 4) is 17.5 Å². The van der Waals surface area contributed by atoms with Gasteiger partial charge >= 0.3 is 5.97 Å². The van der Waals surface area contributed by atoms with Gasteiger partial charge in [0.25, 0.3) is 5.56 Å². The van der Waals surface area contributed by atoms with E-state index in [9.17, 15) is 9.59 Å². The molecule has 0 fully saturated rings. The molecule has 1 atom stereocenters. The summed E-state index contributed by atoms with van der Waals surface area (Å²) in [6.07, 6.45) is 0.645. The Morgan fingerprint density at radius 3 is 2.42 bits per heavy atom. The summed E-state index contributed by atoms with van der Waals surface area (Å²) in [6.45, 7) is 1.96. The van der Waals surface area contributed by atoms with Gasteiger partial charge < -0.3 is 10.5 Å². The maximum Gasteiger partial charge on any atom is 0.337 e. The van der Waals surface area contributed by atoms with Crippen LogP contribution < -0.4 is 11.3 Å². The Balaban J connectivity index is 1.88. The van der Waals surface area contributed by atoms with Crippen LogP contribution in [-0.4, -0.2) is 22.6 Å². The summed E-state index contributed by atoms with van der Waals surface area (Å²) in [7, 11) is 1.34. The number of rotatable bonds is 4. The van der Waals surface area contributed by atoms with Gasteiger partial charge in [0.15, 0.2) is 0 Å². The highest BCUT2D eigenvalue weighted by Crippen LogP contribution is 2.20. The molecule has 0 amide bonds. The SMILES string of the molecule is CC[C@H](N)c1nc2cccc(C#Cc3ccc(C(=O)OC)cc3)c2c(=O)n1-c1ccccc1. The standard InChI is InChI=1S/C27H23N3O3/c1-3-22(28)25-29-23-11-7-8-19(15-12-18-13-16-20(17-14-18)27(32)33-2)24(23)26(31)30(25)21-9-5-4-6-10-21/h4-11,13-14,16-17,22H,3,28H2,1-2H3/t22-/m0/s1. The number of methoxy groups -OCH3 is 1. The summed E-state index contributed by atoms with van der Waals surface area (Å²) in [6, 6.07) is 21.2. The lowest BCUT2D eigenvalue weighted by Gasteiger charge is -2.17. The van der Waals surface area contributed by atoms with Crippen molar-refractivity contribution in [1.29, 1.82) is 0 Å². The zero-order valence-corrected chi connectivity index (χ0v) is 18.4. The number of benzene rings is 3. The molecular formula is C27H23N3O3. The van der Waals surface area contributed by atoms with Gasteiger partial charge in [0, 0.05) is 11.1 Å². The first-order chi connectivity index (χ1) is 16.0. The number of fused-ring (bicyclic) bond motifs is 1. The van der Waals surface area contributed by atoms with Crippen molar-refractivity contribution in [2.24, 2.45) is 5.73 Å². The lowest BCUT2D eigenvalue weighted by molar-refractivity contribution is 0.0600. The van der Waals surface area contributed by atoms with Crippen molar-refractivity contribution in [1.82, 2.24) is 9.55 Å². The Morgan fingerprint density at radius 2 is 1.76 bits per heavy atom. The van der Waals surface area contributed by atoms with Gasteiger partial charge in [0.05, 0.1) is 35.3 Å². The van der Waals surface area contributed by atoms with E-state index in [0.29, 0.717) is 45.5 Å². The van der Waals surface area contributed by atoms with Crippen LogP contribution in [-0.2, 0) is 4.74 Å². The smallest absolute Gasteiger partial charge is 0.337 e. The molecule has 33 heavy (non-hydrogen) atoms. The fourth-order valence-electron chi connectivity index (χ4n) is 3.56. The minimum atomic E-state index is -0.405. The molecule has 2 N–H and O–H groups in total. The average molecular weight is 437 g/mol. The van der Waals surface area contributed by atoms with Crippen molar-refractivity contribution in [2.75, 3.05) is 7.11 Å². The number of hydrogen-bond donors (Lipinski definition) is 1. The molecule has 0 radical (unpaired) electrons. The van der Waals surface area contributed by atoms with Crippen LogP contribution in [0.1, 0.15) is 46.7 Å². The van der Waals surface area contributed by atoms with E-state index in [2.05, 4.69) is 11.8 Å². The number of para-hydroxylation sites is 1. The highest BCUT2D eigenvalue weighted by molar-refractivity contribution is 5.89. The van der Waals surface area contributed by atoms with Crippen LogP contribution in [0.25, 0.3) is 16.6 Å². The van der Waals surface area contributed by atoms with Gasteiger partial charge in [-0.05, 0) is 55.0 Å². The zero-order chi connectivity index (χ0) is 23.4.